The van der Waals surface area contributed by atoms with Gasteiger partial charge in [-0.05, 0) is 53.7 Å². The SMILES string of the molecule is C1=Cc2cc3oc4c(-c5cccc6c5sc5ccccc56)ccc(-c5nc(-c6ccccc6)nc(-c6ccccc6)n5)c4c3cc2CN1. The highest BCUT2D eigenvalue weighted by atomic mass is 32.1. The minimum atomic E-state index is 0.609. The van der Waals surface area contributed by atoms with Crippen LogP contribution in [0.3, 0.4) is 0 Å². The van der Waals surface area contributed by atoms with E-state index in [-0.39, 0.29) is 0 Å². The van der Waals surface area contributed by atoms with E-state index in [0.29, 0.717) is 17.5 Å². The van der Waals surface area contributed by atoms with Gasteiger partial charge in [0.1, 0.15) is 11.2 Å². The molecule has 0 atom stereocenters. The molecule has 1 aliphatic heterocycles. The molecule has 48 heavy (non-hydrogen) atoms. The van der Waals surface area contributed by atoms with Gasteiger partial charge in [-0.1, -0.05) is 97.1 Å². The summed E-state index contributed by atoms with van der Waals surface area (Å²) < 4.78 is 9.42. The van der Waals surface area contributed by atoms with Crippen molar-refractivity contribution in [2.75, 3.05) is 0 Å². The van der Waals surface area contributed by atoms with E-state index in [1.807, 2.05) is 78.2 Å². The molecule has 10 rings (SSSR count). The summed E-state index contributed by atoms with van der Waals surface area (Å²) in [6.07, 6.45) is 4.10. The molecular formula is C42H26N4OS. The third-order valence-electron chi connectivity index (χ3n) is 9.19. The molecule has 9 aromatic rings. The molecule has 0 unspecified atom stereocenters. The first-order valence-corrected chi connectivity index (χ1v) is 16.8. The minimum Gasteiger partial charge on any atom is -0.455 e. The van der Waals surface area contributed by atoms with Crippen molar-refractivity contribution in [2.45, 2.75) is 6.54 Å². The van der Waals surface area contributed by atoms with Crippen molar-refractivity contribution < 1.29 is 4.42 Å². The van der Waals surface area contributed by atoms with Crippen molar-refractivity contribution >= 4 is 59.5 Å². The molecule has 0 spiro atoms. The Balaban J connectivity index is 1.29. The molecular weight excluding hydrogens is 609 g/mol. The molecule has 0 radical (unpaired) electrons. The van der Waals surface area contributed by atoms with Crippen LogP contribution in [0.25, 0.3) is 93.5 Å². The van der Waals surface area contributed by atoms with E-state index < -0.39 is 0 Å². The van der Waals surface area contributed by atoms with E-state index in [1.165, 1.54) is 25.7 Å². The maximum Gasteiger partial charge on any atom is 0.164 e. The van der Waals surface area contributed by atoms with Crippen LogP contribution in [-0.2, 0) is 6.54 Å². The average Bonchev–Trinajstić information content (AvgIpc) is 3.73. The van der Waals surface area contributed by atoms with Crippen LogP contribution in [0, 0.1) is 0 Å². The summed E-state index contributed by atoms with van der Waals surface area (Å²) >= 11 is 1.83. The van der Waals surface area contributed by atoms with Crippen molar-refractivity contribution in [1.29, 1.82) is 0 Å². The van der Waals surface area contributed by atoms with Crippen LogP contribution in [-0.4, -0.2) is 15.0 Å². The van der Waals surface area contributed by atoms with E-state index in [4.69, 9.17) is 19.4 Å². The van der Waals surface area contributed by atoms with Gasteiger partial charge in [0.15, 0.2) is 17.5 Å². The Morgan fingerprint density at radius 3 is 2.06 bits per heavy atom. The number of hydrogen-bond acceptors (Lipinski definition) is 6. The Kier molecular flexibility index (Phi) is 6.04. The number of nitrogens with zero attached hydrogens (tertiary/aromatic N) is 3. The van der Waals surface area contributed by atoms with Crippen LogP contribution < -0.4 is 5.32 Å². The molecule has 0 aliphatic carbocycles. The molecule has 6 aromatic carbocycles. The van der Waals surface area contributed by atoms with Gasteiger partial charge in [0.05, 0.1) is 0 Å². The number of benzene rings is 6. The maximum absolute atomic E-state index is 6.90. The third-order valence-corrected chi connectivity index (χ3v) is 10.4. The van der Waals surface area contributed by atoms with Crippen molar-refractivity contribution in [3.05, 3.63) is 145 Å². The number of nitrogens with one attached hydrogen (secondary N) is 1. The fourth-order valence-corrected chi connectivity index (χ4v) is 8.13. The number of thiophene rings is 1. The van der Waals surface area contributed by atoms with Crippen LogP contribution in [0.5, 0.6) is 0 Å². The molecule has 0 saturated carbocycles. The Morgan fingerprint density at radius 2 is 1.27 bits per heavy atom. The normalized spacial score (nSPS) is 12.6. The fourth-order valence-electron chi connectivity index (χ4n) is 6.90. The lowest BCUT2D eigenvalue weighted by molar-refractivity contribution is 0.669. The van der Waals surface area contributed by atoms with Crippen molar-refractivity contribution in [1.82, 2.24) is 20.3 Å². The summed E-state index contributed by atoms with van der Waals surface area (Å²) in [4.78, 5) is 15.2. The second-order valence-corrected chi connectivity index (χ2v) is 13.1. The highest BCUT2D eigenvalue weighted by Gasteiger charge is 2.23. The Labute approximate surface area is 279 Å². The highest BCUT2D eigenvalue weighted by molar-refractivity contribution is 7.26. The summed E-state index contributed by atoms with van der Waals surface area (Å²) in [6, 6.07) is 44.2. The van der Waals surface area contributed by atoms with Gasteiger partial charge in [-0.3, -0.25) is 0 Å². The van der Waals surface area contributed by atoms with E-state index in [0.717, 1.165) is 61.9 Å². The second-order valence-electron chi connectivity index (χ2n) is 12.0. The predicted molar refractivity (Wildman–Crippen MR) is 198 cm³/mol. The first-order valence-electron chi connectivity index (χ1n) is 16.0. The Morgan fingerprint density at radius 1 is 0.583 bits per heavy atom. The second kappa shape index (κ2) is 10.7. The molecule has 1 N–H and O–H groups in total. The number of furan rings is 1. The largest absolute Gasteiger partial charge is 0.455 e. The van der Waals surface area contributed by atoms with Crippen molar-refractivity contribution in [2.24, 2.45) is 0 Å². The molecule has 3 aromatic heterocycles. The number of rotatable bonds is 4. The predicted octanol–water partition coefficient (Wildman–Crippen LogP) is 10.9. The topological polar surface area (TPSA) is 63.8 Å². The Hall–Kier alpha value is -6.11. The van der Waals surface area contributed by atoms with E-state index in [1.54, 1.807) is 0 Å². The van der Waals surface area contributed by atoms with Crippen molar-refractivity contribution in [3.63, 3.8) is 0 Å². The average molecular weight is 635 g/mol. The number of hydrogen-bond donors (Lipinski definition) is 1. The summed E-state index contributed by atoms with van der Waals surface area (Å²) in [5.74, 6) is 1.87. The third kappa shape index (κ3) is 4.27. The molecule has 6 heteroatoms. The van der Waals surface area contributed by atoms with Crippen LogP contribution in [0.4, 0.5) is 0 Å². The zero-order chi connectivity index (χ0) is 31.6. The van der Waals surface area contributed by atoms with Gasteiger partial charge in [0.2, 0.25) is 0 Å². The summed E-state index contributed by atoms with van der Waals surface area (Å²) in [6.45, 7) is 0.757. The van der Waals surface area contributed by atoms with Crippen LogP contribution in [0.15, 0.2) is 138 Å². The molecule has 4 heterocycles. The lowest BCUT2D eigenvalue weighted by Gasteiger charge is -2.12. The molecule has 226 valence electrons. The maximum atomic E-state index is 6.90. The molecule has 0 saturated heterocycles. The van der Waals surface area contributed by atoms with Crippen LogP contribution in [0.1, 0.15) is 11.1 Å². The minimum absolute atomic E-state index is 0.609. The first-order chi connectivity index (χ1) is 23.8. The summed E-state index contributed by atoms with van der Waals surface area (Å²) in [7, 11) is 0. The Bertz CT molecular complexity index is 2670. The molecule has 1 aliphatic rings. The van der Waals surface area contributed by atoms with Gasteiger partial charge in [-0.2, -0.15) is 0 Å². The number of fused-ring (bicyclic) bond motifs is 7. The van der Waals surface area contributed by atoms with Crippen molar-refractivity contribution in [3.8, 4) is 45.3 Å². The zero-order valence-corrected chi connectivity index (χ0v) is 26.5. The molecule has 0 amide bonds. The van der Waals surface area contributed by atoms with E-state index in [9.17, 15) is 0 Å². The molecule has 0 bridgehead atoms. The molecule has 0 fully saturated rings. The highest BCUT2D eigenvalue weighted by Crippen LogP contribution is 2.46. The van der Waals surface area contributed by atoms with Gasteiger partial charge in [-0.25, -0.2) is 15.0 Å². The lowest BCUT2D eigenvalue weighted by Crippen LogP contribution is -2.09. The van der Waals surface area contributed by atoms with Crippen LogP contribution in [0.2, 0.25) is 0 Å². The first kappa shape index (κ1) is 27.0. The summed E-state index contributed by atoms with van der Waals surface area (Å²) in [5.41, 5.74) is 9.04. The van der Waals surface area contributed by atoms with Crippen LogP contribution >= 0.6 is 11.3 Å². The monoisotopic (exact) mass is 634 g/mol. The smallest absolute Gasteiger partial charge is 0.164 e. The van der Waals surface area contributed by atoms with E-state index in [2.05, 4.69) is 78.1 Å². The van der Waals surface area contributed by atoms with Gasteiger partial charge in [0.25, 0.3) is 0 Å². The summed E-state index contributed by atoms with van der Waals surface area (Å²) in [5, 5.41) is 7.95. The molecule has 5 nitrogen and oxygen atoms in total. The lowest BCUT2D eigenvalue weighted by atomic mass is 9.95. The van der Waals surface area contributed by atoms with Gasteiger partial charge >= 0.3 is 0 Å². The van der Waals surface area contributed by atoms with Gasteiger partial charge in [0, 0.05) is 65.3 Å². The standard InChI is InChI=1S/C42H26N4OS/c1-3-10-25(11-4-1)40-44-41(26-12-5-2-6-13-26)46-42(45-40)33-19-18-30(32-16-9-15-31-29-14-7-8-17-36(29)48-39(31)32)38-37(33)34-22-28-24-43-21-20-27(28)23-35(34)47-38/h1-23,43H,24H2. The zero-order valence-electron chi connectivity index (χ0n) is 25.6. The fraction of sp³-hybridized carbons (Fsp3) is 0.0238. The van der Waals surface area contributed by atoms with E-state index >= 15 is 0 Å². The van der Waals surface area contributed by atoms with Gasteiger partial charge < -0.3 is 9.73 Å². The van der Waals surface area contributed by atoms with Gasteiger partial charge in [-0.15, -0.1) is 11.3 Å². The number of aromatic nitrogens is 3. The quantitative estimate of drug-likeness (QED) is 0.209.